The van der Waals surface area contributed by atoms with Crippen molar-refractivity contribution in [3.05, 3.63) is 35.9 Å². The van der Waals surface area contributed by atoms with Crippen molar-refractivity contribution in [2.75, 3.05) is 14.2 Å². The van der Waals surface area contributed by atoms with Crippen molar-refractivity contribution in [2.45, 2.75) is 6.92 Å². The van der Waals surface area contributed by atoms with Crippen molar-refractivity contribution < 1.29 is 4.74 Å². The molecule has 13 heavy (non-hydrogen) atoms. The minimum absolute atomic E-state index is 0.897. The third-order valence-electron chi connectivity index (χ3n) is 2.13. The smallest absolute Gasteiger partial charge is 0.122 e. The van der Waals surface area contributed by atoms with Crippen LogP contribution in [0.2, 0.25) is 0 Å². The molecule has 0 heterocycles. The molecule has 1 aromatic carbocycles. The Morgan fingerprint density at radius 3 is 2.69 bits per heavy atom. The molecule has 1 rings (SSSR count). The Bertz CT molecular complexity index is 318. The summed E-state index contributed by atoms with van der Waals surface area (Å²) in [6, 6.07) is 5.93. The zero-order valence-electron chi connectivity index (χ0n) is 8.35. The van der Waals surface area contributed by atoms with E-state index in [1.54, 1.807) is 7.11 Å². The number of hydrogen-bond acceptors (Lipinski definition) is 2. The molecule has 0 aliphatic heterocycles. The van der Waals surface area contributed by atoms with Crippen LogP contribution in [0.5, 0.6) is 5.75 Å². The van der Waals surface area contributed by atoms with Gasteiger partial charge in [-0.15, -0.1) is 0 Å². The van der Waals surface area contributed by atoms with Gasteiger partial charge in [-0.3, -0.25) is 0 Å². The number of nitrogens with one attached hydrogen (secondary N) is 1. The van der Waals surface area contributed by atoms with Crippen molar-refractivity contribution in [1.82, 2.24) is 5.32 Å². The molecule has 2 heteroatoms. The van der Waals surface area contributed by atoms with E-state index < -0.39 is 0 Å². The molecule has 0 saturated heterocycles. The molecule has 0 aliphatic carbocycles. The largest absolute Gasteiger partial charge is 0.496 e. The molecule has 2 nitrogen and oxygen atoms in total. The Morgan fingerprint density at radius 2 is 2.15 bits per heavy atom. The fourth-order valence-electron chi connectivity index (χ4n) is 1.30. The lowest BCUT2D eigenvalue weighted by molar-refractivity contribution is 0.411. The molecule has 0 aromatic heterocycles. The van der Waals surface area contributed by atoms with E-state index in [9.17, 15) is 0 Å². The van der Waals surface area contributed by atoms with E-state index in [0.29, 0.717) is 0 Å². The van der Waals surface area contributed by atoms with Crippen LogP contribution in [0.3, 0.4) is 0 Å². The molecule has 70 valence electrons. The molecule has 0 unspecified atom stereocenters. The van der Waals surface area contributed by atoms with Gasteiger partial charge in [0.1, 0.15) is 5.75 Å². The number of benzene rings is 1. The molecule has 0 bridgehead atoms. The summed E-state index contributed by atoms with van der Waals surface area (Å²) in [6.07, 6.45) is 0. The van der Waals surface area contributed by atoms with Gasteiger partial charge >= 0.3 is 0 Å². The van der Waals surface area contributed by atoms with Gasteiger partial charge in [0.25, 0.3) is 0 Å². The number of rotatable bonds is 3. The van der Waals surface area contributed by atoms with E-state index in [2.05, 4.69) is 11.9 Å². The highest BCUT2D eigenvalue weighted by Gasteiger charge is 2.05. The summed E-state index contributed by atoms with van der Waals surface area (Å²) < 4.78 is 5.21. The van der Waals surface area contributed by atoms with Crippen LogP contribution in [0.1, 0.15) is 11.1 Å². The SMILES string of the molecule is C=C(NC)c1cccc(OC)c1C. The first-order valence-corrected chi connectivity index (χ1v) is 4.21. The summed E-state index contributed by atoms with van der Waals surface area (Å²) in [5.41, 5.74) is 3.13. The van der Waals surface area contributed by atoms with Gasteiger partial charge in [-0.1, -0.05) is 18.7 Å². The van der Waals surface area contributed by atoms with E-state index >= 15 is 0 Å². The molecule has 0 spiro atoms. The minimum Gasteiger partial charge on any atom is -0.496 e. The molecule has 1 N–H and O–H groups in total. The highest BCUT2D eigenvalue weighted by atomic mass is 16.5. The van der Waals surface area contributed by atoms with E-state index in [1.165, 1.54) is 0 Å². The average molecular weight is 177 g/mol. The van der Waals surface area contributed by atoms with Crippen molar-refractivity contribution in [3.63, 3.8) is 0 Å². The Hall–Kier alpha value is -1.44. The standard InChI is InChI=1S/C11H15NO/c1-8-10(9(2)12-3)6-5-7-11(8)13-4/h5-7,12H,2H2,1,3-4H3. The van der Waals surface area contributed by atoms with Gasteiger partial charge in [0.15, 0.2) is 0 Å². The lowest BCUT2D eigenvalue weighted by atomic mass is 10.1. The van der Waals surface area contributed by atoms with Gasteiger partial charge < -0.3 is 10.1 Å². The summed E-state index contributed by atoms with van der Waals surface area (Å²) in [5, 5.41) is 3.02. The average Bonchev–Trinajstić information content (AvgIpc) is 2.17. The third kappa shape index (κ3) is 1.83. The van der Waals surface area contributed by atoms with E-state index in [-0.39, 0.29) is 0 Å². The van der Waals surface area contributed by atoms with Crippen LogP contribution in [0.4, 0.5) is 0 Å². The minimum atomic E-state index is 0.897. The van der Waals surface area contributed by atoms with Crippen LogP contribution in [-0.4, -0.2) is 14.2 Å². The number of hydrogen-bond donors (Lipinski definition) is 1. The molecule has 0 radical (unpaired) electrons. The van der Waals surface area contributed by atoms with Crippen LogP contribution in [-0.2, 0) is 0 Å². The van der Waals surface area contributed by atoms with Gasteiger partial charge in [-0.2, -0.15) is 0 Å². The molecule has 0 aliphatic rings. The predicted octanol–water partition coefficient (Wildman–Crippen LogP) is 2.19. The monoisotopic (exact) mass is 177 g/mol. The molecule has 0 atom stereocenters. The summed E-state index contributed by atoms with van der Waals surface area (Å²) in [5.74, 6) is 0.897. The summed E-state index contributed by atoms with van der Waals surface area (Å²) in [4.78, 5) is 0. The van der Waals surface area contributed by atoms with Crippen molar-refractivity contribution >= 4 is 5.70 Å². The summed E-state index contributed by atoms with van der Waals surface area (Å²) in [6.45, 7) is 5.94. The summed E-state index contributed by atoms with van der Waals surface area (Å²) >= 11 is 0. The third-order valence-corrected chi connectivity index (χ3v) is 2.13. The normalized spacial score (nSPS) is 9.46. The summed E-state index contributed by atoms with van der Waals surface area (Å²) in [7, 11) is 3.54. The molecular weight excluding hydrogens is 162 g/mol. The number of methoxy groups -OCH3 is 1. The fraction of sp³-hybridized carbons (Fsp3) is 0.273. The Balaban J connectivity index is 3.15. The van der Waals surface area contributed by atoms with Crippen molar-refractivity contribution in [2.24, 2.45) is 0 Å². The van der Waals surface area contributed by atoms with Gasteiger partial charge in [0.05, 0.1) is 7.11 Å². The molecule has 0 saturated carbocycles. The predicted molar refractivity (Wildman–Crippen MR) is 55.8 cm³/mol. The second kappa shape index (κ2) is 3.99. The second-order valence-electron chi connectivity index (χ2n) is 2.86. The van der Waals surface area contributed by atoms with Gasteiger partial charge in [0, 0.05) is 23.9 Å². The number of ether oxygens (including phenoxy) is 1. The zero-order chi connectivity index (χ0) is 9.84. The first kappa shape index (κ1) is 9.65. The highest BCUT2D eigenvalue weighted by molar-refractivity contribution is 5.66. The topological polar surface area (TPSA) is 21.3 Å². The van der Waals surface area contributed by atoms with Crippen LogP contribution < -0.4 is 10.1 Å². The van der Waals surface area contributed by atoms with Gasteiger partial charge in [-0.05, 0) is 13.0 Å². The maximum atomic E-state index is 5.21. The zero-order valence-corrected chi connectivity index (χ0v) is 8.35. The molecule has 0 fully saturated rings. The lowest BCUT2D eigenvalue weighted by Gasteiger charge is -2.11. The Labute approximate surface area is 79.2 Å². The van der Waals surface area contributed by atoms with Crippen LogP contribution in [0.25, 0.3) is 5.70 Å². The Kier molecular flexibility index (Phi) is 2.96. The quantitative estimate of drug-likeness (QED) is 0.764. The van der Waals surface area contributed by atoms with Crippen LogP contribution in [0.15, 0.2) is 24.8 Å². The van der Waals surface area contributed by atoms with Crippen LogP contribution >= 0.6 is 0 Å². The Morgan fingerprint density at radius 1 is 1.46 bits per heavy atom. The van der Waals surface area contributed by atoms with Crippen molar-refractivity contribution in [3.8, 4) is 5.75 Å². The first-order chi connectivity index (χ1) is 6.20. The van der Waals surface area contributed by atoms with E-state index in [0.717, 1.165) is 22.6 Å². The molecule has 1 aromatic rings. The molecule has 0 amide bonds. The van der Waals surface area contributed by atoms with Crippen molar-refractivity contribution in [1.29, 1.82) is 0 Å². The molecular formula is C11H15NO. The van der Waals surface area contributed by atoms with Gasteiger partial charge in [0.2, 0.25) is 0 Å². The fourth-order valence-corrected chi connectivity index (χ4v) is 1.30. The van der Waals surface area contributed by atoms with Gasteiger partial charge in [-0.25, -0.2) is 0 Å². The highest BCUT2D eigenvalue weighted by Crippen LogP contribution is 2.24. The first-order valence-electron chi connectivity index (χ1n) is 4.21. The van der Waals surface area contributed by atoms with E-state index in [4.69, 9.17) is 4.74 Å². The maximum Gasteiger partial charge on any atom is 0.122 e. The van der Waals surface area contributed by atoms with E-state index in [1.807, 2.05) is 32.2 Å². The second-order valence-corrected chi connectivity index (χ2v) is 2.86. The lowest BCUT2D eigenvalue weighted by Crippen LogP contribution is -2.04. The van der Waals surface area contributed by atoms with Crippen LogP contribution in [0, 0.1) is 6.92 Å². The maximum absolute atomic E-state index is 5.21.